The Kier molecular flexibility index (Phi) is 10.4. The third kappa shape index (κ3) is 6.32. The van der Waals surface area contributed by atoms with E-state index in [0.29, 0.717) is 12.1 Å². The molecule has 1 aliphatic rings. The Balaban J connectivity index is 2.22. The maximum Gasteiger partial charge on any atom is 0.0369 e. The van der Waals surface area contributed by atoms with Crippen LogP contribution in [0.25, 0.3) is 0 Å². The van der Waals surface area contributed by atoms with Crippen molar-refractivity contribution in [3.63, 3.8) is 0 Å². The van der Waals surface area contributed by atoms with Gasteiger partial charge in [-0.2, -0.15) is 0 Å². The monoisotopic (exact) mass is 372 g/mol. The van der Waals surface area contributed by atoms with Crippen molar-refractivity contribution in [2.24, 2.45) is 0 Å². The van der Waals surface area contributed by atoms with Crippen molar-refractivity contribution in [1.29, 1.82) is 0 Å². The second-order valence-electron chi connectivity index (χ2n) is 8.38. The fourth-order valence-electron chi connectivity index (χ4n) is 4.57. The third-order valence-corrected chi connectivity index (χ3v) is 6.24. The SMILES string of the molecule is CCCCN(CCCC)C1CC(N(CCCC)CCCC)c2ccccc21. The van der Waals surface area contributed by atoms with Crippen LogP contribution in [0.15, 0.2) is 24.3 Å². The zero-order valence-electron chi connectivity index (χ0n) is 18.6. The lowest BCUT2D eigenvalue weighted by atomic mass is 10.1. The number of nitrogens with zero attached hydrogens (tertiary/aromatic N) is 2. The third-order valence-electron chi connectivity index (χ3n) is 6.24. The quantitative estimate of drug-likeness (QED) is 0.347. The molecule has 0 saturated carbocycles. The smallest absolute Gasteiger partial charge is 0.0369 e. The van der Waals surface area contributed by atoms with Crippen molar-refractivity contribution in [3.8, 4) is 0 Å². The topological polar surface area (TPSA) is 6.48 Å². The molecule has 1 aromatic rings. The van der Waals surface area contributed by atoms with E-state index in [1.807, 2.05) is 0 Å². The predicted octanol–water partition coefficient (Wildman–Crippen LogP) is 6.98. The van der Waals surface area contributed by atoms with Crippen LogP contribution in [0.4, 0.5) is 0 Å². The summed E-state index contributed by atoms with van der Waals surface area (Å²) in [4.78, 5) is 5.62. The fraction of sp³-hybridized carbons (Fsp3) is 0.760. The van der Waals surface area contributed by atoms with E-state index in [1.54, 1.807) is 11.1 Å². The van der Waals surface area contributed by atoms with Crippen molar-refractivity contribution in [2.75, 3.05) is 26.2 Å². The highest BCUT2D eigenvalue weighted by Crippen LogP contribution is 2.45. The van der Waals surface area contributed by atoms with Crippen LogP contribution in [0, 0.1) is 0 Å². The van der Waals surface area contributed by atoms with E-state index in [9.17, 15) is 0 Å². The van der Waals surface area contributed by atoms with Gasteiger partial charge in [0.05, 0.1) is 0 Å². The highest BCUT2D eigenvalue weighted by Gasteiger charge is 2.36. The second kappa shape index (κ2) is 12.6. The van der Waals surface area contributed by atoms with Crippen LogP contribution in [0.2, 0.25) is 0 Å². The summed E-state index contributed by atoms with van der Waals surface area (Å²) in [5, 5.41) is 0. The molecule has 0 heterocycles. The molecule has 2 atom stereocenters. The molecule has 0 amide bonds. The summed E-state index contributed by atoms with van der Waals surface area (Å²) in [5.74, 6) is 0. The van der Waals surface area contributed by atoms with Crippen LogP contribution in [0.1, 0.15) is 109 Å². The Bertz CT molecular complexity index is 452. The molecular formula is C25H44N2. The molecule has 0 bridgehead atoms. The van der Waals surface area contributed by atoms with Gasteiger partial charge in [0.25, 0.3) is 0 Å². The number of hydrogen-bond donors (Lipinski definition) is 0. The maximum absolute atomic E-state index is 2.81. The molecule has 2 heteroatoms. The zero-order valence-corrected chi connectivity index (χ0v) is 18.6. The lowest BCUT2D eigenvalue weighted by Gasteiger charge is -2.32. The van der Waals surface area contributed by atoms with Gasteiger partial charge in [-0.3, -0.25) is 9.80 Å². The molecule has 2 unspecified atom stereocenters. The van der Waals surface area contributed by atoms with E-state index in [0.717, 1.165) is 0 Å². The first-order valence-electron chi connectivity index (χ1n) is 11.8. The first-order valence-corrected chi connectivity index (χ1v) is 11.8. The minimum atomic E-state index is 0.620. The van der Waals surface area contributed by atoms with Crippen LogP contribution in [-0.2, 0) is 0 Å². The minimum absolute atomic E-state index is 0.620. The molecule has 0 N–H and O–H groups in total. The van der Waals surface area contributed by atoms with Gasteiger partial charge in [0, 0.05) is 12.1 Å². The number of benzene rings is 1. The number of hydrogen-bond acceptors (Lipinski definition) is 2. The minimum Gasteiger partial charge on any atom is -0.296 e. The average Bonchev–Trinajstić information content (AvgIpc) is 3.08. The molecule has 1 aromatic carbocycles. The summed E-state index contributed by atoms with van der Waals surface area (Å²) in [6.07, 6.45) is 11.7. The van der Waals surface area contributed by atoms with Crippen molar-refractivity contribution in [1.82, 2.24) is 9.80 Å². The average molecular weight is 373 g/mol. The van der Waals surface area contributed by atoms with E-state index >= 15 is 0 Å². The molecule has 27 heavy (non-hydrogen) atoms. The van der Waals surface area contributed by atoms with Gasteiger partial charge in [-0.25, -0.2) is 0 Å². The predicted molar refractivity (Wildman–Crippen MR) is 119 cm³/mol. The highest BCUT2D eigenvalue weighted by atomic mass is 15.2. The van der Waals surface area contributed by atoms with Crippen LogP contribution >= 0.6 is 0 Å². The van der Waals surface area contributed by atoms with E-state index in [2.05, 4.69) is 61.8 Å². The molecule has 2 nitrogen and oxygen atoms in total. The Morgan fingerprint density at radius 1 is 0.630 bits per heavy atom. The molecule has 0 aliphatic heterocycles. The molecule has 0 radical (unpaired) electrons. The first kappa shape index (κ1) is 22.4. The number of rotatable bonds is 14. The zero-order chi connectivity index (χ0) is 19.5. The van der Waals surface area contributed by atoms with Gasteiger partial charge in [-0.1, -0.05) is 77.6 Å². The van der Waals surface area contributed by atoms with Crippen molar-refractivity contribution >= 4 is 0 Å². The molecule has 0 saturated heterocycles. The maximum atomic E-state index is 2.81. The number of fused-ring (bicyclic) bond motifs is 1. The van der Waals surface area contributed by atoms with E-state index in [4.69, 9.17) is 0 Å². The van der Waals surface area contributed by atoms with Gasteiger partial charge < -0.3 is 0 Å². The molecular weight excluding hydrogens is 328 g/mol. The summed E-state index contributed by atoms with van der Waals surface area (Å²) >= 11 is 0. The van der Waals surface area contributed by atoms with Gasteiger partial charge in [0.1, 0.15) is 0 Å². The van der Waals surface area contributed by atoms with Crippen LogP contribution in [0.5, 0.6) is 0 Å². The van der Waals surface area contributed by atoms with Gasteiger partial charge in [-0.05, 0) is 69.4 Å². The summed E-state index contributed by atoms with van der Waals surface area (Å²) in [6, 6.07) is 10.6. The van der Waals surface area contributed by atoms with E-state index < -0.39 is 0 Å². The second-order valence-corrected chi connectivity index (χ2v) is 8.38. The summed E-state index contributed by atoms with van der Waals surface area (Å²) in [6.45, 7) is 14.3. The molecule has 0 spiro atoms. The molecule has 154 valence electrons. The summed E-state index contributed by atoms with van der Waals surface area (Å²) < 4.78 is 0. The number of unbranched alkanes of at least 4 members (excludes halogenated alkanes) is 4. The molecule has 0 aromatic heterocycles. The van der Waals surface area contributed by atoms with Crippen molar-refractivity contribution in [2.45, 2.75) is 97.6 Å². The Labute approximate surface area is 169 Å². The van der Waals surface area contributed by atoms with Crippen molar-refractivity contribution < 1.29 is 0 Å². The standard InChI is InChI=1S/C25H44N2/c1-5-9-17-26(18-10-6-2)24-21-25(23-16-14-13-15-22(23)24)27(19-11-7-3)20-12-8-4/h13-16,24-25H,5-12,17-21H2,1-4H3. The summed E-state index contributed by atoms with van der Waals surface area (Å²) in [5.41, 5.74) is 3.24. The van der Waals surface area contributed by atoms with Crippen molar-refractivity contribution in [3.05, 3.63) is 35.4 Å². The molecule has 1 aliphatic carbocycles. The Hall–Kier alpha value is -0.860. The Morgan fingerprint density at radius 2 is 0.963 bits per heavy atom. The van der Waals surface area contributed by atoms with Crippen LogP contribution in [-0.4, -0.2) is 36.0 Å². The molecule has 0 fully saturated rings. The first-order chi connectivity index (χ1) is 13.3. The van der Waals surface area contributed by atoms with Crippen LogP contribution < -0.4 is 0 Å². The van der Waals surface area contributed by atoms with Crippen LogP contribution in [0.3, 0.4) is 0 Å². The normalized spacial score (nSPS) is 19.2. The lowest BCUT2D eigenvalue weighted by molar-refractivity contribution is 0.137. The fourth-order valence-corrected chi connectivity index (χ4v) is 4.57. The highest BCUT2D eigenvalue weighted by molar-refractivity contribution is 5.38. The van der Waals surface area contributed by atoms with Gasteiger partial charge >= 0.3 is 0 Å². The summed E-state index contributed by atoms with van der Waals surface area (Å²) in [7, 11) is 0. The lowest BCUT2D eigenvalue weighted by Crippen LogP contribution is -2.32. The van der Waals surface area contributed by atoms with E-state index in [-0.39, 0.29) is 0 Å². The molecule has 2 rings (SSSR count). The Morgan fingerprint density at radius 3 is 1.26 bits per heavy atom. The largest absolute Gasteiger partial charge is 0.296 e. The van der Waals surface area contributed by atoms with Gasteiger partial charge in [0.2, 0.25) is 0 Å². The van der Waals surface area contributed by atoms with E-state index in [1.165, 1.54) is 84.0 Å². The van der Waals surface area contributed by atoms with Gasteiger partial charge in [0.15, 0.2) is 0 Å². The van der Waals surface area contributed by atoms with Gasteiger partial charge in [-0.15, -0.1) is 0 Å².